The van der Waals surface area contributed by atoms with Gasteiger partial charge >= 0.3 is 0 Å². The van der Waals surface area contributed by atoms with Crippen LogP contribution < -0.4 is 5.32 Å². The van der Waals surface area contributed by atoms with Gasteiger partial charge in [0.1, 0.15) is 6.42 Å². The number of nitrogens with zero attached hydrogens (tertiary/aromatic N) is 1. The molecular formula is C18H17BrN2O2. The summed E-state index contributed by atoms with van der Waals surface area (Å²) in [5.41, 5.74) is 3.14. The summed E-state index contributed by atoms with van der Waals surface area (Å²) in [4.78, 5) is 26.1. The third kappa shape index (κ3) is 3.99. The molecule has 0 aliphatic carbocycles. The molecule has 1 N–H and O–H groups in total. The summed E-state index contributed by atoms with van der Waals surface area (Å²) in [6, 6.07) is 15.4. The fraction of sp³-hybridized carbons (Fsp3) is 0.222. The molecule has 2 amide bonds. The predicted molar refractivity (Wildman–Crippen MR) is 93.0 cm³/mol. The molecule has 1 aliphatic heterocycles. The number of halogens is 1. The van der Waals surface area contributed by atoms with E-state index in [1.54, 1.807) is 17.0 Å². The molecule has 3 rings (SSSR count). The van der Waals surface area contributed by atoms with E-state index >= 15 is 0 Å². The molecule has 0 atom stereocenters. The summed E-state index contributed by atoms with van der Waals surface area (Å²) in [5, 5.41) is 2.75. The largest absolute Gasteiger partial charge is 0.338 e. The molecule has 0 fully saturated rings. The van der Waals surface area contributed by atoms with Crippen LogP contribution in [0.2, 0.25) is 0 Å². The number of rotatable bonds is 3. The van der Waals surface area contributed by atoms with Gasteiger partial charge in [-0.05, 0) is 41.8 Å². The van der Waals surface area contributed by atoms with Crippen molar-refractivity contribution < 1.29 is 9.59 Å². The molecule has 4 nitrogen and oxygen atoms in total. The van der Waals surface area contributed by atoms with E-state index < -0.39 is 0 Å². The van der Waals surface area contributed by atoms with Crippen LogP contribution >= 0.6 is 15.9 Å². The van der Waals surface area contributed by atoms with Crippen molar-refractivity contribution in [3.63, 3.8) is 0 Å². The second-order valence-corrected chi connectivity index (χ2v) is 6.48. The van der Waals surface area contributed by atoms with Crippen LogP contribution in [0, 0.1) is 0 Å². The summed E-state index contributed by atoms with van der Waals surface area (Å²) in [6.45, 7) is 1.25. The average Bonchev–Trinajstić information content (AvgIpc) is 2.56. The van der Waals surface area contributed by atoms with Gasteiger partial charge in [-0.2, -0.15) is 0 Å². The Balaban J connectivity index is 1.57. The monoisotopic (exact) mass is 372 g/mol. The third-order valence-electron chi connectivity index (χ3n) is 3.92. The van der Waals surface area contributed by atoms with Gasteiger partial charge in [0, 0.05) is 23.2 Å². The Kier molecular flexibility index (Phi) is 4.76. The molecule has 0 saturated carbocycles. The molecule has 5 heteroatoms. The zero-order valence-electron chi connectivity index (χ0n) is 12.6. The van der Waals surface area contributed by atoms with Crippen molar-refractivity contribution in [2.75, 3.05) is 11.9 Å². The number of benzene rings is 2. The minimum atomic E-state index is -0.281. The number of nitrogens with one attached hydrogen (secondary N) is 1. The van der Waals surface area contributed by atoms with Gasteiger partial charge in [-0.25, -0.2) is 0 Å². The van der Waals surface area contributed by atoms with E-state index in [9.17, 15) is 9.59 Å². The van der Waals surface area contributed by atoms with Crippen LogP contribution in [0.1, 0.15) is 17.5 Å². The first kappa shape index (κ1) is 15.7. The van der Waals surface area contributed by atoms with Gasteiger partial charge in [0.2, 0.25) is 11.8 Å². The second kappa shape index (κ2) is 6.96. The number of hydrogen-bond donors (Lipinski definition) is 1. The Bertz CT molecular complexity index is 728. The molecule has 0 saturated heterocycles. The molecule has 23 heavy (non-hydrogen) atoms. The maximum atomic E-state index is 12.3. The van der Waals surface area contributed by atoms with E-state index in [1.165, 1.54) is 11.1 Å². The highest BCUT2D eigenvalue weighted by molar-refractivity contribution is 9.10. The Morgan fingerprint density at radius 1 is 1.04 bits per heavy atom. The minimum Gasteiger partial charge on any atom is -0.338 e. The number of fused-ring (bicyclic) bond motifs is 1. The molecule has 0 unspecified atom stereocenters. The van der Waals surface area contributed by atoms with E-state index in [0.717, 1.165) is 10.9 Å². The van der Waals surface area contributed by atoms with Gasteiger partial charge in [-0.1, -0.05) is 40.2 Å². The van der Waals surface area contributed by atoms with E-state index in [0.29, 0.717) is 18.8 Å². The number of carbonyl (C=O) groups excluding carboxylic acids is 2. The molecule has 0 spiro atoms. The second-order valence-electron chi connectivity index (χ2n) is 5.57. The van der Waals surface area contributed by atoms with E-state index in [1.807, 2.05) is 30.3 Å². The zero-order chi connectivity index (χ0) is 16.2. The normalized spacial score (nSPS) is 13.3. The first-order chi connectivity index (χ1) is 11.1. The predicted octanol–water partition coefficient (Wildman–Crippen LogP) is 3.36. The highest BCUT2D eigenvalue weighted by atomic mass is 79.9. The van der Waals surface area contributed by atoms with Crippen molar-refractivity contribution in [2.45, 2.75) is 19.4 Å². The lowest BCUT2D eigenvalue weighted by Crippen LogP contribution is -2.37. The van der Waals surface area contributed by atoms with Crippen LogP contribution in [0.25, 0.3) is 0 Å². The van der Waals surface area contributed by atoms with Crippen molar-refractivity contribution >= 4 is 33.4 Å². The van der Waals surface area contributed by atoms with Crippen LogP contribution in [0.15, 0.2) is 53.0 Å². The first-order valence-electron chi connectivity index (χ1n) is 7.52. The fourth-order valence-electron chi connectivity index (χ4n) is 2.70. The molecule has 0 radical (unpaired) electrons. The molecule has 1 aliphatic rings. The zero-order valence-corrected chi connectivity index (χ0v) is 14.2. The SMILES string of the molecule is O=C(CC(=O)N1CCc2ccccc2C1)Nc1ccc(Br)cc1. The number of anilines is 1. The maximum Gasteiger partial charge on any atom is 0.233 e. The molecule has 2 aromatic carbocycles. The van der Waals surface area contributed by atoms with E-state index in [4.69, 9.17) is 0 Å². The van der Waals surface area contributed by atoms with Crippen molar-refractivity contribution in [2.24, 2.45) is 0 Å². The summed E-state index contributed by atoms with van der Waals surface area (Å²) >= 11 is 3.34. The lowest BCUT2D eigenvalue weighted by Gasteiger charge is -2.28. The van der Waals surface area contributed by atoms with Gasteiger partial charge in [-0.15, -0.1) is 0 Å². The van der Waals surface area contributed by atoms with Gasteiger partial charge < -0.3 is 10.2 Å². The summed E-state index contributed by atoms with van der Waals surface area (Å²) in [7, 11) is 0. The smallest absolute Gasteiger partial charge is 0.233 e. The Morgan fingerprint density at radius 3 is 2.48 bits per heavy atom. The topological polar surface area (TPSA) is 49.4 Å². The van der Waals surface area contributed by atoms with Crippen LogP contribution in [0.4, 0.5) is 5.69 Å². The van der Waals surface area contributed by atoms with Crippen LogP contribution in [0.5, 0.6) is 0 Å². The lowest BCUT2D eigenvalue weighted by atomic mass is 10.00. The molecule has 2 aromatic rings. The highest BCUT2D eigenvalue weighted by Gasteiger charge is 2.22. The van der Waals surface area contributed by atoms with Gasteiger partial charge in [-0.3, -0.25) is 9.59 Å². The molecule has 1 heterocycles. The lowest BCUT2D eigenvalue weighted by molar-refractivity contribution is -0.135. The number of hydrogen-bond acceptors (Lipinski definition) is 2. The Labute approximate surface area is 143 Å². The maximum absolute atomic E-state index is 12.3. The number of amides is 2. The Morgan fingerprint density at radius 2 is 1.74 bits per heavy atom. The summed E-state index contributed by atoms with van der Waals surface area (Å²) in [5.74, 6) is -0.412. The standard InChI is InChI=1S/C18H17BrN2O2/c19-15-5-7-16(8-6-15)20-17(22)11-18(23)21-10-9-13-3-1-2-4-14(13)12-21/h1-8H,9-12H2,(H,20,22). The van der Waals surface area contributed by atoms with Gasteiger partial charge in [0.05, 0.1) is 0 Å². The molecule has 0 aromatic heterocycles. The highest BCUT2D eigenvalue weighted by Crippen LogP contribution is 2.19. The van der Waals surface area contributed by atoms with Crippen LogP contribution in [-0.4, -0.2) is 23.3 Å². The van der Waals surface area contributed by atoms with Crippen molar-refractivity contribution in [3.05, 3.63) is 64.1 Å². The van der Waals surface area contributed by atoms with E-state index in [2.05, 4.69) is 27.3 Å². The van der Waals surface area contributed by atoms with Crippen molar-refractivity contribution in [1.29, 1.82) is 0 Å². The quantitative estimate of drug-likeness (QED) is 0.839. The summed E-state index contributed by atoms with van der Waals surface area (Å²) in [6.07, 6.45) is 0.717. The third-order valence-corrected chi connectivity index (χ3v) is 4.45. The average molecular weight is 373 g/mol. The van der Waals surface area contributed by atoms with E-state index in [-0.39, 0.29) is 18.2 Å². The van der Waals surface area contributed by atoms with Crippen LogP contribution in [0.3, 0.4) is 0 Å². The molecule has 0 bridgehead atoms. The van der Waals surface area contributed by atoms with Gasteiger partial charge in [0.15, 0.2) is 0 Å². The van der Waals surface area contributed by atoms with Gasteiger partial charge in [0.25, 0.3) is 0 Å². The Hall–Kier alpha value is -2.14. The first-order valence-corrected chi connectivity index (χ1v) is 8.31. The number of carbonyl (C=O) groups is 2. The minimum absolute atomic E-state index is 0.127. The molecule has 118 valence electrons. The fourth-order valence-corrected chi connectivity index (χ4v) is 2.96. The molecular weight excluding hydrogens is 356 g/mol. The van der Waals surface area contributed by atoms with Crippen molar-refractivity contribution in [3.8, 4) is 0 Å². The van der Waals surface area contributed by atoms with Crippen molar-refractivity contribution in [1.82, 2.24) is 4.90 Å². The summed E-state index contributed by atoms with van der Waals surface area (Å²) < 4.78 is 0.943. The van der Waals surface area contributed by atoms with Crippen LogP contribution in [-0.2, 0) is 22.6 Å².